The van der Waals surface area contributed by atoms with Gasteiger partial charge < -0.3 is 10.6 Å². The Labute approximate surface area is 46.5 Å². The molecule has 48 valence electrons. The molecule has 0 saturated heterocycles. The lowest BCUT2D eigenvalue weighted by Gasteiger charge is -1.99. The summed E-state index contributed by atoms with van der Waals surface area (Å²) in [5, 5.41) is 8.57. The molecular formula is C3H8N2O3. The molecule has 8 heavy (non-hydrogen) atoms. The molecule has 0 aliphatic rings. The monoisotopic (exact) mass is 120 g/mol. The van der Waals surface area contributed by atoms with Gasteiger partial charge in [0.1, 0.15) is 6.61 Å². The van der Waals surface area contributed by atoms with E-state index in [-0.39, 0.29) is 12.6 Å². The van der Waals surface area contributed by atoms with Crippen LogP contribution in [0, 0.1) is 10.1 Å². The van der Waals surface area contributed by atoms with Gasteiger partial charge in [-0.05, 0) is 6.92 Å². The minimum Gasteiger partial charge on any atom is -0.326 e. The van der Waals surface area contributed by atoms with Gasteiger partial charge in [0, 0.05) is 6.04 Å². The van der Waals surface area contributed by atoms with Crippen LogP contribution >= 0.6 is 0 Å². The molecule has 1 atom stereocenters. The molecule has 0 radical (unpaired) electrons. The van der Waals surface area contributed by atoms with Crippen molar-refractivity contribution in [1.29, 1.82) is 0 Å². The van der Waals surface area contributed by atoms with E-state index in [2.05, 4.69) is 4.84 Å². The summed E-state index contributed by atoms with van der Waals surface area (Å²) in [4.78, 5) is 13.3. The maximum Gasteiger partial charge on any atom is 0.294 e. The minimum atomic E-state index is -0.858. The first-order valence-electron chi connectivity index (χ1n) is 2.16. The Bertz CT molecular complexity index is 82.6. The van der Waals surface area contributed by atoms with Crippen LogP contribution in [0.4, 0.5) is 0 Å². The van der Waals surface area contributed by atoms with Gasteiger partial charge in [0.25, 0.3) is 5.09 Å². The van der Waals surface area contributed by atoms with Crippen molar-refractivity contribution in [1.82, 2.24) is 0 Å². The van der Waals surface area contributed by atoms with E-state index < -0.39 is 5.09 Å². The molecule has 0 aliphatic carbocycles. The van der Waals surface area contributed by atoms with Gasteiger partial charge in [-0.1, -0.05) is 0 Å². The van der Waals surface area contributed by atoms with Crippen LogP contribution in [0.5, 0.6) is 0 Å². The van der Waals surface area contributed by atoms with Crippen molar-refractivity contribution in [2.75, 3.05) is 6.61 Å². The molecule has 0 saturated carbocycles. The zero-order valence-corrected chi connectivity index (χ0v) is 4.53. The lowest BCUT2D eigenvalue weighted by atomic mass is 10.4. The number of hydrogen-bond donors (Lipinski definition) is 1. The lowest BCUT2D eigenvalue weighted by Crippen LogP contribution is -2.23. The molecule has 0 amide bonds. The highest BCUT2D eigenvalue weighted by atomic mass is 16.9. The van der Waals surface area contributed by atoms with Crippen molar-refractivity contribution in [3.05, 3.63) is 10.1 Å². The molecule has 0 rings (SSSR count). The molecule has 0 bridgehead atoms. The summed E-state index contributed by atoms with van der Waals surface area (Å²) in [6.07, 6.45) is 0. The van der Waals surface area contributed by atoms with Gasteiger partial charge in [0.05, 0.1) is 0 Å². The van der Waals surface area contributed by atoms with Gasteiger partial charge in [-0.3, -0.25) is 0 Å². The third kappa shape index (κ3) is 5.16. The topological polar surface area (TPSA) is 78.4 Å². The highest BCUT2D eigenvalue weighted by Crippen LogP contribution is 1.77. The SMILES string of the molecule is C[C@@H](N)CO[N+](=O)[O-]. The molecule has 0 unspecified atom stereocenters. The molecule has 0 aromatic carbocycles. The fraction of sp³-hybridized carbons (Fsp3) is 1.00. The van der Waals surface area contributed by atoms with Crippen molar-refractivity contribution in [2.24, 2.45) is 5.73 Å². The average Bonchev–Trinajstić information content (AvgIpc) is 1.61. The second-order valence-electron chi connectivity index (χ2n) is 1.50. The van der Waals surface area contributed by atoms with Crippen molar-refractivity contribution in [3.8, 4) is 0 Å². The van der Waals surface area contributed by atoms with Crippen LogP contribution in [0.1, 0.15) is 6.92 Å². The fourth-order valence-electron chi connectivity index (χ4n) is 0.178. The summed E-state index contributed by atoms with van der Waals surface area (Å²) in [7, 11) is 0. The summed E-state index contributed by atoms with van der Waals surface area (Å²) in [6, 6.07) is -0.277. The molecule has 0 spiro atoms. The van der Waals surface area contributed by atoms with Gasteiger partial charge in [0.2, 0.25) is 0 Å². The quantitative estimate of drug-likeness (QED) is 0.404. The Hall–Kier alpha value is -0.840. The summed E-state index contributed by atoms with van der Waals surface area (Å²) >= 11 is 0. The van der Waals surface area contributed by atoms with Crippen LogP contribution in [0.15, 0.2) is 0 Å². The van der Waals surface area contributed by atoms with Gasteiger partial charge in [-0.25, -0.2) is 0 Å². The Morgan fingerprint density at radius 1 is 2.00 bits per heavy atom. The first kappa shape index (κ1) is 7.16. The van der Waals surface area contributed by atoms with Crippen LogP contribution in [-0.4, -0.2) is 17.7 Å². The predicted molar refractivity (Wildman–Crippen MR) is 26.6 cm³/mol. The molecule has 2 N–H and O–H groups in total. The largest absolute Gasteiger partial charge is 0.326 e. The molecule has 0 aromatic rings. The molecule has 5 nitrogen and oxygen atoms in total. The minimum absolute atomic E-state index is 0.0347. The lowest BCUT2D eigenvalue weighted by molar-refractivity contribution is -0.758. The van der Waals surface area contributed by atoms with Crippen LogP contribution in [0.25, 0.3) is 0 Å². The van der Waals surface area contributed by atoms with Gasteiger partial charge in [-0.15, -0.1) is 10.1 Å². The van der Waals surface area contributed by atoms with E-state index in [4.69, 9.17) is 5.73 Å². The molecule has 0 aliphatic heterocycles. The first-order valence-corrected chi connectivity index (χ1v) is 2.16. The van der Waals surface area contributed by atoms with Crippen LogP contribution in [0.2, 0.25) is 0 Å². The van der Waals surface area contributed by atoms with E-state index in [0.717, 1.165) is 0 Å². The number of nitrogens with two attached hydrogens (primary N) is 1. The third-order valence-electron chi connectivity index (χ3n) is 0.443. The normalized spacial score (nSPS) is 12.8. The third-order valence-corrected chi connectivity index (χ3v) is 0.443. The number of hydrogen-bond acceptors (Lipinski definition) is 4. The maximum atomic E-state index is 9.43. The zero-order chi connectivity index (χ0) is 6.57. The van der Waals surface area contributed by atoms with Crippen molar-refractivity contribution in [3.63, 3.8) is 0 Å². The first-order chi connectivity index (χ1) is 3.63. The summed E-state index contributed by atoms with van der Waals surface area (Å²) in [5.41, 5.74) is 5.11. The Morgan fingerprint density at radius 3 is 2.62 bits per heavy atom. The molecular weight excluding hydrogens is 112 g/mol. The van der Waals surface area contributed by atoms with E-state index in [1.807, 2.05) is 0 Å². The van der Waals surface area contributed by atoms with Crippen LogP contribution < -0.4 is 5.73 Å². The van der Waals surface area contributed by atoms with Crippen molar-refractivity contribution >= 4 is 0 Å². The smallest absolute Gasteiger partial charge is 0.294 e. The van der Waals surface area contributed by atoms with Crippen LogP contribution in [0.3, 0.4) is 0 Å². The Kier molecular flexibility index (Phi) is 2.86. The Morgan fingerprint density at radius 2 is 2.50 bits per heavy atom. The van der Waals surface area contributed by atoms with E-state index in [0.29, 0.717) is 0 Å². The van der Waals surface area contributed by atoms with Crippen molar-refractivity contribution < 1.29 is 9.92 Å². The molecule has 0 aromatic heterocycles. The average molecular weight is 120 g/mol. The van der Waals surface area contributed by atoms with E-state index in [1.54, 1.807) is 6.92 Å². The standard InChI is InChI=1S/C3H8N2O3/c1-3(4)2-8-5(6)7/h3H,2,4H2,1H3/t3-/m1/s1. The number of nitrogens with zero attached hydrogens (tertiary/aromatic N) is 1. The Balaban J connectivity index is 3.05. The highest BCUT2D eigenvalue weighted by Gasteiger charge is 1.96. The van der Waals surface area contributed by atoms with Crippen LogP contribution in [-0.2, 0) is 4.84 Å². The zero-order valence-electron chi connectivity index (χ0n) is 4.53. The van der Waals surface area contributed by atoms with E-state index >= 15 is 0 Å². The van der Waals surface area contributed by atoms with Gasteiger partial charge in [-0.2, -0.15) is 0 Å². The van der Waals surface area contributed by atoms with E-state index in [1.165, 1.54) is 0 Å². The van der Waals surface area contributed by atoms with Gasteiger partial charge >= 0.3 is 0 Å². The summed E-state index contributed by atoms with van der Waals surface area (Å²) in [6.45, 7) is 1.59. The summed E-state index contributed by atoms with van der Waals surface area (Å²) < 4.78 is 0. The predicted octanol–water partition coefficient (Wildman–Crippen LogP) is -0.458. The van der Waals surface area contributed by atoms with E-state index in [9.17, 15) is 10.1 Å². The van der Waals surface area contributed by atoms with Crippen molar-refractivity contribution in [2.45, 2.75) is 13.0 Å². The number of rotatable bonds is 3. The highest BCUT2D eigenvalue weighted by molar-refractivity contribution is 4.44. The fourth-order valence-corrected chi connectivity index (χ4v) is 0.178. The molecule has 0 fully saturated rings. The maximum absolute atomic E-state index is 9.43. The van der Waals surface area contributed by atoms with Gasteiger partial charge in [0.15, 0.2) is 0 Å². The molecule has 5 heteroatoms. The molecule has 0 heterocycles. The second kappa shape index (κ2) is 3.20. The summed E-state index contributed by atoms with van der Waals surface area (Å²) in [5.74, 6) is 0. The second-order valence-corrected chi connectivity index (χ2v) is 1.50.